The third-order valence-corrected chi connectivity index (χ3v) is 7.33. The number of nitrogens with zero attached hydrogens (tertiary/aromatic N) is 2. The Kier molecular flexibility index (Phi) is 11.1. The predicted octanol–water partition coefficient (Wildman–Crippen LogP) is 5.01. The molecule has 7 nitrogen and oxygen atoms in total. The third kappa shape index (κ3) is 9.12. The number of halogens is 4. The van der Waals surface area contributed by atoms with E-state index in [2.05, 4.69) is 5.32 Å². The molecule has 2 amide bonds. The Labute approximate surface area is 226 Å². The van der Waals surface area contributed by atoms with E-state index in [-0.39, 0.29) is 43.4 Å². The van der Waals surface area contributed by atoms with Crippen molar-refractivity contribution in [1.82, 2.24) is 10.2 Å². The Morgan fingerprint density at radius 1 is 1.03 bits per heavy atom. The summed E-state index contributed by atoms with van der Waals surface area (Å²) in [5, 5.41) is 3.57. The van der Waals surface area contributed by atoms with Gasteiger partial charge in [-0.15, -0.1) is 0 Å². The normalized spacial score (nSPS) is 12.4. The number of nitrogens with one attached hydrogen (secondary N) is 1. The molecule has 0 spiro atoms. The molecule has 0 aromatic heterocycles. The van der Waals surface area contributed by atoms with Gasteiger partial charge >= 0.3 is 0 Å². The zero-order chi connectivity index (χ0) is 27.9. The molecular weight excluding hydrogens is 547 g/mol. The molecule has 2 aromatic carbocycles. The second-order valence-corrected chi connectivity index (χ2v) is 11.9. The lowest BCUT2D eigenvalue weighted by Gasteiger charge is -2.30. The second kappa shape index (κ2) is 13.4. The fraction of sp³-hybridized carbons (Fsp3) is 0.440. The summed E-state index contributed by atoms with van der Waals surface area (Å²) in [6.45, 7) is 5.80. The highest BCUT2D eigenvalue weighted by molar-refractivity contribution is 7.92. The lowest BCUT2D eigenvalue weighted by Crippen LogP contribution is -2.48. The van der Waals surface area contributed by atoms with Gasteiger partial charge in [0.25, 0.3) is 0 Å². The van der Waals surface area contributed by atoms with Gasteiger partial charge in [-0.3, -0.25) is 13.9 Å². The van der Waals surface area contributed by atoms with Crippen LogP contribution in [0.15, 0.2) is 36.4 Å². The summed E-state index contributed by atoms with van der Waals surface area (Å²) in [6, 6.07) is 6.76. The summed E-state index contributed by atoms with van der Waals surface area (Å²) < 4.78 is 52.6. The maximum atomic E-state index is 13.7. The van der Waals surface area contributed by atoms with Crippen molar-refractivity contribution in [2.24, 2.45) is 5.92 Å². The number of carbonyl (C=O) groups excluding carboxylic acids is 2. The van der Waals surface area contributed by atoms with Crippen molar-refractivity contribution in [2.75, 3.05) is 23.7 Å². The third-order valence-electron chi connectivity index (χ3n) is 5.55. The maximum absolute atomic E-state index is 13.7. The van der Waals surface area contributed by atoms with Crippen molar-refractivity contribution in [1.29, 1.82) is 0 Å². The zero-order valence-electron chi connectivity index (χ0n) is 21.1. The smallest absolute Gasteiger partial charge is 0.242 e. The van der Waals surface area contributed by atoms with Crippen molar-refractivity contribution >= 4 is 50.7 Å². The second-order valence-electron chi connectivity index (χ2n) is 9.11. The molecule has 1 atom stereocenters. The molecule has 0 saturated carbocycles. The van der Waals surface area contributed by atoms with E-state index in [0.717, 1.165) is 28.8 Å². The average Bonchev–Trinajstić information content (AvgIpc) is 2.80. The SMILES string of the molecule is CC(C)CNC(=O)C(C)N(Cc1ccc(Cl)cc1Cl)C(=O)CCCN(c1ccc(F)c(F)c1)S(C)(=O)=O. The summed E-state index contributed by atoms with van der Waals surface area (Å²) in [6.07, 6.45) is 0.894. The molecular formula is C25H31Cl2F2N3O4S. The first-order valence-corrected chi connectivity index (χ1v) is 14.2. The van der Waals surface area contributed by atoms with E-state index < -0.39 is 33.6 Å². The first kappa shape index (κ1) is 30.8. The standard InChI is InChI=1S/C25H31Cl2F2N3O4S/c1-16(2)14-30-25(34)17(3)31(15-18-7-8-19(26)12-21(18)27)24(33)6-5-11-32(37(4,35)36)20-9-10-22(28)23(29)13-20/h7-10,12-13,16-17H,5-6,11,14-15H2,1-4H3,(H,30,34). The van der Waals surface area contributed by atoms with E-state index in [9.17, 15) is 26.8 Å². The van der Waals surface area contributed by atoms with Crippen LogP contribution >= 0.6 is 23.2 Å². The first-order valence-electron chi connectivity index (χ1n) is 11.6. The number of carbonyl (C=O) groups is 2. The average molecular weight is 579 g/mol. The molecule has 1 unspecified atom stereocenters. The minimum atomic E-state index is -3.84. The van der Waals surface area contributed by atoms with Gasteiger partial charge in [0.2, 0.25) is 21.8 Å². The Morgan fingerprint density at radius 3 is 2.27 bits per heavy atom. The number of anilines is 1. The summed E-state index contributed by atoms with van der Waals surface area (Å²) >= 11 is 12.3. The maximum Gasteiger partial charge on any atom is 0.242 e. The van der Waals surface area contributed by atoms with Crippen LogP contribution in [0, 0.1) is 17.6 Å². The van der Waals surface area contributed by atoms with Crippen LogP contribution in [0.2, 0.25) is 10.0 Å². The van der Waals surface area contributed by atoms with Gasteiger partial charge in [-0.2, -0.15) is 0 Å². The van der Waals surface area contributed by atoms with Crippen molar-refractivity contribution in [3.05, 3.63) is 63.6 Å². The molecule has 1 N–H and O–H groups in total. The van der Waals surface area contributed by atoms with Gasteiger partial charge in [-0.25, -0.2) is 17.2 Å². The lowest BCUT2D eigenvalue weighted by atomic mass is 10.1. The number of hydrogen-bond donors (Lipinski definition) is 1. The van der Waals surface area contributed by atoms with Gasteiger partial charge in [0.05, 0.1) is 11.9 Å². The molecule has 0 radical (unpaired) electrons. The number of hydrogen-bond acceptors (Lipinski definition) is 4. The molecule has 37 heavy (non-hydrogen) atoms. The molecule has 2 rings (SSSR count). The molecule has 12 heteroatoms. The van der Waals surface area contributed by atoms with Crippen LogP contribution in [0.1, 0.15) is 39.2 Å². The van der Waals surface area contributed by atoms with Gasteiger partial charge in [0.15, 0.2) is 11.6 Å². The van der Waals surface area contributed by atoms with Gasteiger partial charge in [-0.05, 0) is 49.1 Å². The molecule has 0 aliphatic carbocycles. The molecule has 0 aliphatic heterocycles. The number of sulfonamides is 1. The van der Waals surface area contributed by atoms with E-state index in [1.807, 2.05) is 13.8 Å². The molecule has 0 aliphatic rings. The fourth-order valence-corrected chi connectivity index (χ4v) is 4.94. The van der Waals surface area contributed by atoms with E-state index in [1.54, 1.807) is 19.1 Å². The highest BCUT2D eigenvalue weighted by Gasteiger charge is 2.27. The monoisotopic (exact) mass is 577 g/mol. The topological polar surface area (TPSA) is 86.8 Å². The molecule has 0 saturated heterocycles. The van der Waals surface area contributed by atoms with Gasteiger partial charge in [-0.1, -0.05) is 43.1 Å². The van der Waals surface area contributed by atoms with Gasteiger partial charge < -0.3 is 10.2 Å². The Bertz CT molecular complexity index is 1230. The molecule has 2 aromatic rings. The van der Waals surface area contributed by atoms with Crippen LogP contribution in [-0.4, -0.2) is 50.5 Å². The fourth-order valence-electron chi connectivity index (χ4n) is 3.51. The number of amides is 2. The van der Waals surface area contributed by atoms with E-state index >= 15 is 0 Å². The van der Waals surface area contributed by atoms with Crippen LogP contribution in [-0.2, 0) is 26.2 Å². The van der Waals surface area contributed by atoms with Crippen molar-refractivity contribution in [3.8, 4) is 0 Å². The van der Waals surface area contributed by atoms with Crippen molar-refractivity contribution in [3.63, 3.8) is 0 Å². The molecule has 0 heterocycles. The van der Waals surface area contributed by atoms with Crippen molar-refractivity contribution < 1.29 is 26.8 Å². The Hall–Kier alpha value is -2.43. The van der Waals surface area contributed by atoms with E-state index in [0.29, 0.717) is 22.2 Å². The van der Waals surface area contributed by atoms with Crippen LogP contribution in [0.25, 0.3) is 0 Å². The predicted molar refractivity (Wildman–Crippen MR) is 142 cm³/mol. The minimum absolute atomic E-state index is 0.0318. The summed E-state index contributed by atoms with van der Waals surface area (Å²) in [5.74, 6) is -2.82. The largest absolute Gasteiger partial charge is 0.354 e. The van der Waals surface area contributed by atoms with Gasteiger partial charge in [0.1, 0.15) is 6.04 Å². The highest BCUT2D eigenvalue weighted by Crippen LogP contribution is 2.24. The minimum Gasteiger partial charge on any atom is -0.354 e. The van der Waals surface area contributed by atoms with Crippen LogP contribution < -0.4 is 9.62 Å². The summed E-state index contributed by atoms with van der Waals surface area (Å²) in [4.78, 5) is 27.4. The zero-order valence-corrected chi connectivity index (χ0v) is 23.4. The van der Waals surface area contributed by atoms with Crippen LogP contribution in [0.3, 0.4) is 0 Å². The number of rotatable bonds is 12. The Morgan fingerprint density at radius 2 is 1.70 bits per heavy atom. The molecule has 0 fully saturated rings. The number of benzene rings is 2. The summed E-state index contributed by atoms with van der Waals surface area (Å²) in [7, 11) is -3.84. The lowest BCUT2D eigenvalue weighted by molar-refractivity contribution is -0.140. The Balaban J connectivity index is 2.21. The van der Waals surface area contributed by atoms with Gasteiger partial charge in [0, 0.05) is 42.2 Å². The molecule has 204 valence electrons. The van der Waals surface area contributed by atoms with Crippen LogP contribution in [0.5, 0.6) is 0 Å². The molecule has 0 bridgehead atoms. The highest BCUT2D eigenvalue weighted by atomic mass is 35.5. The van der Waals surface area contributed by atoms with E-state index in [1.165, 1.54) is 11.0 Å². The van der Waals surface area contributed by atoms with Crippen molar-refractivity contribution in [2.45, 2.75) is 46.2 Å². The first-order chi connectivity index (χ1) is 17.2. The quantitative estimate of drug-likeness (QED) is 0.384. The van der Waals surface area contributed by atoms with Crippen LogP contribution in [0.4, 0.5) is 14.5 Å². The summed E-state index contributed by atoms with van der Waals surface area (Å²) in [5.41, 5.74) is 0.530. The van der Waals surface area contributed by atoms with E-state index in [4.69, 9.17) is 23.2 Å².